The largest absolute Gasteiger partial charge is 0.357 e. The van der Waals surface area contributed by atoms with Gasteiger partial charge in [-0.2, -0.15) is 0 Å². The fourth-order valence-electron chi connectivity index (χ4n) is 4.91. The summed E-state index contributed by atoms with van der Waals surface area (Å²) in [6.45, 7) is 7.28. The molecule has 196 valence electrons. The van der Waals surface area contributed by atoms with Gasteiger partial charge in [0, 0.05) is 39.3 Å². The monoisotopic (exact) mass is 499 g/mol. The zero-order chi connectivity index (χ0) is 26.2. The zero-order valence-electron chi connectivity index (χ0n) is 22.8. The van der Waals surface area contributed by atoms with E-state index in [1.807, 2.05) is 30.8 Å². The molecule has 2 aliphatic rings. The van der Waals surface area contributed by atoms with Gasteiger partial charge in [-0.3, -0.25) is 4.79 Å². The van der Waals surface area contributed by atoms with Crippen LogP contribution in [0.3, 0.4) is 0 Å². The van der Waals surface area contributed by atoms with Crippen molar-refractivity contribution in [1.82, 2.24) is 20.2 Å². The minimum atomic E-state index is 0.00702. The number of carbonyl (C=O) groups is 1. The number of benzene rings is 2. The summed E-state index contributed by atoms with van der Waals surface area (Å²) >= 11 is 0. The highest BCUT2D eigenvalue weighted by atomic mass is 16.2. The van der Waals surface area contributed by atoms with Crippen LogP contribution in [0.2, 0.25) is 0 Å². The van der Waals surface area contributed by atoms with Gasteiger partial charge in [0.1, 0.15) is 17.2 Å². The van der Waals surface area contributed by atoms with E-state index < -0.39 is 0 Å². The van der Waals surface area contributed by atoms with E-state index in [-0.39, 0.29) is 5.91 Å². The van der Waals surface area contributed by atoms with Gasteiger partial charge in [0.25, 0.3) is 5.91 Å². The highest BCUT2D eigenvalue weighted by Crippen LogP contribution is 2.44. The molecule has 1 aliphatic carbocycles. The Labute approximate surface area is 222 Å². The van der Waals surface area contributed by atoms with Crippen molar-refractivity contribution in [1.29, 1.82) is 0 Å². The van der Waals surface area contributed by atoms with Crippen molar-refractivity contribution >= 4 is 11.7 Å². The molecule has 0 spiro atoms. The molecule has 1 atom stereocenters. The molecule has 0 saturated heterocycles. The molecule has 2 heterocycles. The first-order chi connectivity index (χ1) is 18.0. The van der Waals surface area contributed by atoms with Crippen LogP contribution in [0.1, 0.15) is 65.0 Å². The fraction of sp³-hybridized carbons (Fsp3) is 0.452. The second-order valence-electron chi connectivity index (χ2n) is 10.3. The summed E-state index contributed by atoms with van der Waals surface area (Å²) in [4.78, 5) is 25.6. The first kappa shape index (κ1) is 26.8. The van der Waals surface area contributed by atoms with Gasteiger partial charge in [-0.15, -0.1) is 0 Å². The van der Waals surface area contributed by atoms with Gasteiger partial charge >= 0.3 is 0 Å². The molecule has 6 nitrogen and oxygen atoms in total. The van der Waals surface area contributed by atoms with Crippen LogP contribution in [0, 0.1) is 12.8 Å². The molecule has 1 aromatic heterocycles. The Hall–Kier alpha value is -3.25. The highest BCUT2D eigenvalue weighted by molar-refractivity contribution is 5.99. The number of aryl methyl sites for hydroxylation is 2. The maximum Gasteiger partial charge on any atom is 0.259 e. The molecule has 1 saturated carbocycles. The van der Waals surface area contributed by atoms with Crippen molar-refractivity contribution in [2.45, 2.75) is 52.0 Å². The van der Waals surface area contributed by atoms with Crippen molar-refractivity contribution in [2.75, 3.05) is 38.6 Å². The Morgan fingerprint density at radius 3 is 2.43 bits per heavy atom. The molecule has 1 fully saturated rings. The van der Waals surface area contributed by atoms with Crippen molar-refractivity contribution in [3.63, 3.8) is 0 Å². The third kappa shape index (κ3) is 7.16. The molecule has 37 heavy (non-hydrogen) atoms. The number of hydrogen-bond donors (Lipinski definition) is 1. The van der Waals surface area contributed by atoms with Gasteiger partial charge < -0.3 is 15.1 Å². The Bertz CT molecular complexity index is 1140. The van der Waals surface area contributed by atoms with Gasteiger partial charge in [-0.1, -0.05) is 67.1 Å². The lowest BCUT2D eigenvalue weighted by Crippen LogP contribution is -2.33. The summed E-state index contributed by atoms with van der Waals surface area (Å²) in [5.74, 6) is 3.28. The number of fused-ring (bicyclic) bond motifs is 1. The van der Waals surface area contributed by atoms with E-state index in [0.29, 0.717) is 18.7 Å². The van der Waals surface area contributed by atoms with Gasteiger partial charge in [0.2, 0.25) is 0 Å². The minimum Gasteiger partial charge on any atom is -0.357 e. The summed E-state index contributed by atoms with van der Waals surface area (Å²) in [5, 5.41) is 3.25. The number of amides is 1. The topological polar surface area (TPSA) is 61.4 Å². The van der Waals surface area contributed by atoms with E-state index in [2.05, 4.69) is 76.8 Å². The van der Waals surface area contributed by atoms with Crippen molar-refractivity contribution in [3.8, 4) is 0 Å². The maximum absolute atomic E-state index is 12.9. The quantitative estimate of drug-likeness (QED) is 0.460. The first-order valence-corrected chi connectivity index (χ1v) is 13.6. The Morgan fingerprint density at radius 1 is 1.05 bits per heavy atom. The third-order valence-electron chi connectivity index (χ3n) is 7.34. The lowest BCUT2D eigenvalue weighted by molar-refractivity contribution is 0.0754. The number of nitrogens with zero attached hydrogens (tertiary/aromatic N) is 4. The molecule has 2 aromatic carbocycles. The molecule has 1 N–H and O–H groups in total. The summed E-state index contributed by atoms with van der Waals surface area (Å²) in [6.07, 6.45) is 6.59. The van der Waals surface area contributed by atoms with Crippen LogP contribution in [-0.2, 0) is 13.0 Å². The third-order valence-corrected chi connectivity index (χ3v) is 7.34. The molecule has 0 radical (unpaired) electrons. The maximum atomic E-state index is 12.9. The number of aromatic nitrogens is 2. The number of hydrogen-bond acceptors (Lipinski definition) is 5. The summed E-state index contributed by atoms with van der Waals surface area (Å²) in [6, 6.07) is 19.3. The number of anilines is 1. The predicted molar refractivity (Wildman–Crippen MR) is 151 cm³/mol. The Balaban J connectivity index is 0.000000195. The lowest BCUT2D eigenvalue weighted by atomic mass is 9.91. The van der Waals surface area contributed by atoms with Crippen molar-refractivity contribution < 1.29 is 4.79 Å². The normalized spacial score (nSPS) is 15.9. The summed E-state index contributed by atoms with van der Waals surface area (Å²) in [7, 11) is 4.02. The van der Waals surface area contributed by atoms with Gasteiger partial charge in [0.15, 0.2) is 0 Å². The van der Waals surface area contributed by atoms with E-state index in [1.54, 1.807) is 6.20 Å². The van der Waals surface area contributed by atoms with Crippen LogP contribution in [0.15, 0.2) is 60.8 Å². The van der Waals surface area contributed by atoms with Crippen LogP contribution in [0.25, 0.3) is 0 Å². The predicted octanol–water partition coefficient (Wildman–Crippen LogP) is 5.23. The van der Waals surface area contributed by atoms with E-state index in [9.17, 15) is 4.79 Å². The summed E-state index contributed by atoms with van der Waals surface area (Å²) in [5.41, 5.74) is 4.49. The minimum absolute atomic E-state index is 0.00702. The number of carbonyl (C=O) groups excluding carboxylic acids is 1. The second-order valence-corrected chi connectivity index (χ2v) is 10.3. The van der Waals surface area contributed by atoms with Gasteiger partial charge in [0.05, 0.1) is 0 Å². The SMILES string of the molecule is CCc1ncc2c(n1)N(C)CCN(Cc1ccc(C)cc1)C2=O.CNCCC(c1ccccc1)C1CC1. The van der Waals surface area contributed by atoms with E-state index in [1.165, 1.54) is 30.4 Å². The molecule has 1 amide bonds. The molecule has 0 bridgehead atoms. The van der Waals surface area contributed by atoms with Crippen LogP contribution >= 0.6 is 0 Å². The van der Waals surface area contributed by atoms with Gasteiger partial charge in [-0.25, -0.2) is 9.97 Å². The van der Waals surface area contributed by atoms with Crippen LogP contribution in [0.4, 0.5) is 5.82 Å². The van der Waals surface area contributed by atoms with Gasteiger partial charge in [-0.05, 0) is 62.7 Å². The Morgan fingerprint density at radius 2 is 1.78 bits per heavy atom. The van der Waals surface area contributed by atoms with E-state index >= 15 is 0 Å². The standard InChI is InChI=1S/C18H22N4O.C13H19N/c1-4-16-19-11-15-17(20-16)21(3)9-10-22(18(15)23)12-14-7-5-13(2)6-8-14;1-14-10-9-13(12-7-8-12)11-5-3-2-4-6-11/h5-8,11H,4,9-10,12H2,1-3H3;2-6,12-14H,7-10H2,1H3. The number of likely N-dealkylation sites (N-methyl/N-ethyl adjacent to an activating group) is 1. The first-order valence-electron chi connectivity index (χ1n) is 13.6. The average Bonchev–Trinajstić information content (AvgIpc) is 3.78. The second kappa shape index (κ2) is 12.8. The molecule has 1 aliphatic heterocycles. The van der Waals surface area contributed by atoms with Crippen LogP contribution in [-0.4, -0.2) is 54.5 Å². The molecular weight excluding hydrogens is 458 g/mol. The van der Waals surface area contributed by atoms with E-state index in [4.69, 9.17) is 0 Å². The van der Waals surface area contributed by atoms with Crippen LogP contribution < -0.4 is 10.2 Å². The van der Waals surface area contributed by atoms with E-state index in [0.717, 1.165) is 48.6 Å². The van der Waals surface area contributed by atoms with Crippen molar-refractivity contribution in [2.24, 2.45) is 5.92 Å². The lowest BCUT2D eigenvalue weighted by Gasteiger charge is -2.21. The molecule has 6 heteroatoms. The summed E-state index contributed by atoms with van der Waals surface area (Å²) < 4.78 is 0. The smallest absolute Gasteiger partial charge is 0.259 e. The molecule has 3 aromatic rings. The molecular formula is C31H41N5O. The molecule has 5 rings (SSSR count). The fourth-order valence-corrected chi connectivity index (χ4v) is 4.91. The number of nitrogens with one attached hydrogen (secondary N) is 1. The highest BCUT2D eigenvalue weighted by Gasteiger charge is 2.31. The molecule has 1 unspecified atom stereocenters. The zero-order valence-corrected chi connectivity index (χ0v) is 22.8. The van der Waals surface area contributed by atoms with Crippen LogP contribution in [0.5, 0.6) is 0 Å². The Kier molecular flexibility index (Phi) is 9.29. The van der Waals surface area contributed by atoms with Crippen molar-refractivity contribution in [3.05, 3.63) is 88.9 Å². The number of rotatable bonds is 8. The average molecular weight is 500 g/mol.